The fourth-order valence-corrected chi connectivity index (χ4v) is 4.47. The van der Waals surface area contributed by atoms with Gasteiger partial charge in [0.05, 0.1) is 36.7 Å². The van der Waals surface area contributed by atoms with Crippen LogP contribution in [0.2, 0.25) is 0 Å². The fraction of sp³-hybridized carbons (Fsp3) is 0.296. The fourth-order valence-electron chi connectivity index (χ4n) is 4.47. The lowest BCUT2D eigenvalue weighted by Crippen LogP contribution is -2.37. The predicted octanol–water partition coefficient (Wildman–Crippen LogP) is 5.48. The van der Waals surface area contributed by atoms with Crippen LogP contribution >= 0.6 is 0 Å². The molecule has 0 radical (unpaired) electrons. The van der Waals surface area contributed by atoms with Crippen molar-refractivity contribution < 1.29 is 22.7 Å². The topological polar surface area (TPSA) is 84.3 Å². The third kappa shape index (κ3) is 6.12. The van der Waals surface area contributed by atoms with Gasteiger partial charge >= 0.3 is 12.2 Å². The molecule has 0 aliphatic carbocycles. The normalized spacial score (nSPS) is 14.5. The van der Waals surface area contributed by atoms with E-state index in [0.717, 1.165) is 80.0 Å². The summed E-state index contributed by atoms with van der Waals surface area (Å²) in [6.07, 6.45) is 1.93. The lowest BCUT2D eigenvalue weighted by molar-refractivity contribution is -0.137. The second-order valence-corrected chi connectivity index (χ2v) is 9.03. The Hall–Kier alpha value is -3.96. The lowest BCUT2D eigenvalue weighted by Gasteiger charge is -2.26. The smallest absolute Gasteiger partial charge is 0.379 e. The molecule has 1 fully saturated rings. The van der Waals surface area contributed by atoms with Crippen molar-refractivity contribution in [3.63, 3.8) is 0 Å². The summed E-state index contributed by atoms with van der Waals surface area (Å²) in [5, 5.41) is 10.6. The molecule has 3 heterocycles. The number of aromatic nitrogens is 3. The zero-order chi connectivity index (χ0) is 26.5. The number of nitrogens with zero attached hydrogens (tertiary/aromatic N) is 4. The van der Waals surface area contributed by atoms with E-state index in [-0.39, 0.29) is 5.69 Å². The van der Waals surface area contributed by atoms with Crippen LogP contribution in [-0.4, -0.2) is 58.5 Å². The number of aryl methyl sites for hydroxylation is 1. The summed E-state index contributed by atoms with van der Waals surface area (Å²) >= 11 is 0. The Bertz CT molecular complexity index is 1400. The van der Waals surface area contributed by atoms with E-state index in [1.807, 2.05) is 29.2 Å². The summed E-state index contributed by atoms with van der Waals surface area (Å²) in [4.78, 5) is 19.1. The summed E-state index contributed by atoms with van der Waals surface area (Å²) < 4.78 is 46.1. The zero-order valence-corrected chi connectivity index (χ0v) is 20.5. The summed E-state index contributed by atoms with van der Waals surface area (Å²) in [7, 11) is 0. The lowest BCUT2D eigenvalue weighted by atomic mass is 10.0. The maximum atomic E-state index is 12.9. The van der Waals surface area contributed by atoms with E-state index in [1.54, 1.807) is 18.3 Å². The van der Waals surface area contributed by atoms with Crippen LogP contribution in [0.1, 0.15) is 12.0 Å². The number of benzene rings is 2. The van der Waals surface area contributed by atoms with Gasteiger partial charge in [-0.1, -0.05) is 18.2 Å². The van der Waals surface area contributed by atoms with Gasteiger partial charge in [-0.3, -0.25) is 14.6 Å². The number of pyridine rings is 1. The quantitative estimate of drug-likeness (QED) is 0.334. The average molecular weight is 525 g/mol. The molecule has 0 unspecified atom stereocenters. The van der Waals surface area contributed by atoms with E-state index in [1.165, 1.54) is 12.1 Å². The molecule has 0 spiro atoms. The molecule has 0 atom stereocenters. The van der Waals surface area contributed by atoms with Crippen LogP contribution < -0.4 is 10.6 Å². The number of anilines is 2. The molecule has 1 saturated heterocycles. The molecule has 8 nitrogen and oxygen atoms in total. The van der Waals surface area contributed by atoms with Crippen molar-refractivity contribution in [1.29, 1.82) is 0 Å². The number of amides is 2. The number of nitrogens with one attached hydrogen (secondary N) is 2. The highest BCUT2D eigenvalue weighted by atomic mass is 19.4. The number of morpholine rings is 1. The van der Waals surface area contributed by atoms with Gasteiger partial charge < -0.3 is 15.4 Å². The summed E-state index contributed by atoms with van der Waals surface area (Å²) in [6, 6.07) is 11.0. The Kier molecular flexibility index (Phi) is 7.57. The van der Waals surface area contributed by atoms with Crippen molar-refractivity contribution >= 4 is 28.3 Å². The molecule has 0 saturated carbocycles. The van der Waals surface area contributed by atoms with Crippen LogP contribution in [0.3, 0.4) is 0 Å². The summed E-state index contributed by atoms with van der Waals surface area (Å²) in [5.74, 6) is 0. The van der Waals surface area contributed by atoms with Crippen LogP contribution in [0.4, 0.5) is 29.3 Å². The molecule has 0 bridgehead atoms. The average Bonchev–Trinajstić information content (AvgIpc) is 3.33. The Balaban J connectivity index is 1.22. The molecule has 1 aliphatic heterocycles. The number of rotatable bonds is 7. The highest BCUT2D eigenvalue weighted by Gasteiger charge is 2.30. The molecule has 2 N–H and O–H groups in total. The van der Waals surface area contributed by atoms with E-state index in [9.17, 15) is 18.0 Å². The van der Waals surface area contributed by atoms with E-state index >= 15 is 0 Å². The number of hydrogen-bond donors (Lipinski definition) is 2. The Morgan fingerprint density at radius 2 is 1.71 bits per heavy atom. The maximum absolute atomic E-state index is 12.9. The van der Waals surface area contributed by atoms with Crippen LogP contribution in [0, 0.1) is 0 Å². The first-order valence-electron chi connectivity index (χ1n) is 12.3. The third-order valence-electron chi connectivity index (χ3n) is 6.42. The number of ether oxygens (including phenoxy) is 1. The van der Waals surface area contributed by atoms with E-state index in [4.69, 9.17) is 4.74 Å². The largest absolute Gasteiger partial charge is 0.416 e. The minimum absolute atomic E-state index is 0.0497. The second-order valence-electron chi connectivity index (χ2n) is 9.03. The molecule has 2 aromatic carbocycles. The van der Waals surface area contributed by atoms with Crippen LogP contribution in [0.25, 0.3) is 22.0 Å². The number of fused-ring (bicyclic) bond motifs is 1. The highest BCUT2D eigenvalue weighted by Crippen LogP contribution is 2.31. The molecule has 11 heteroatoms. The van der Waals surface area contributed by atoms with Gasteiger partial charge in [0.15, 0.2) is 0 Å². The van der Waals surface area contributed by atoms with Crippen LogP contribution in [0.5, 0.6) is 0 Å². The van der Waals surface area contributed by atoms with Gasteiger partial charge in [-0.25, -0.2) is 4.79 Å². The van der Waals surface area contributed by atoms with Crippen LogP contribution in [0.15, 0.2) is 67.1 Å². The molecular weight excluding hydrogens is 497 g/mol. The Morgan fingerprint density at radius 1 is 0.947 bits per heavy atom. The van der Waals surface area contributed by atoms with Crippen molar-refractivity contribution in [2.45, 2.75) is 19.1 Å². The molecule has 1 aliphatic rings. The first-order valence-corrected chi connectivity index (χ1v) is 12.3. The molecule has 5 rings (SSSR count). The van der Waals surface area contributed by atoms with E-state index in [0.29, 0.717) is 5.69 Å². The predicted molar refractivity (Wildman–Crippen MR) is 139 cm³/mol. The van der Waals surface area contributed by atoms with Crippen molar-refractivity contribution in [2.75, 3.05) is 43.5 Å². The summed E-state index contributed by atoms with van der Waals surface area (Å²) in [5.41, 5.74) is 2.49. The molecule has 2 amide bonds. The number of halogens is 3. The molecular formula is C27H27F3N6O2. The first kappa shape index (κ1) is 25.7. The van der Waals surface area contributed by atoms with Gasteiger partial charge in [0.25, 0.3) is 0 Å². The molecule has 198 valence electrons. The van der Waals surface area contributed by atoms with Gasteiger partial charge in [0.2, 0.25) is 0 Å². The first-order chi connectivity index (χ1) is 18.4. The molecule has 2 aromatic heterocycles. The summed E-state index contributed by atoms with van der Waals surface area (Å²) in [6.45, 7) is 5.27. The number of alkyl halides is 3. The van der Waals surface area contributed by atoms with Crippen LogP contribution in [-0.2, 0) is 17.5 Å². The SMILES string of the molecule is O=C(Nc1ccc(-c2cncc3c2cnn3CCCN2CCOCC2)cc1)Nc1cccc(C(F)(F)F)c1. The van der Waals surface area contributed by atoms with Gasteiger partial charge in [-0.2, -0.15) is 18.3 Å². The number of carbonyl (C=O) groups is 1. The standard InChI is InChI=1S/C27H27F3N6O2/c28-27(29,30)20-3-1-4-22(15-20)34-26(37)33-21-7-5-19(6-8-21)23-16-31-18-25-24(23)17-32-36(25)10-2-9-35-11-13-38-14-12-35/h1,3-8,15-18H,2,9-14H2,(H2,33,34,37). The van der Waals surface area contributed by atoms with Crippen molar-refractivity contribution in [2.24, 2.45) is 0 Å². The Morgan fingerprint density at radius 3 is 2.47 bits per heavy atom. The maximum Gasteiger partial charge on any atom is 0.416 e. The minimum Gasteiger partial charge on any atom is -0.379 e. The van der Waals surface area contributed by atoms with Gasteiger partial charge in [0, 0.05) is 54.7 Å². The zero-order valence-electron chi connectivity index (χ0n) is 20.5. The number of carbonyl (C=O) groups excluding carboxylic acids is 1. The molecule has 38 heavy (non-hydrogen) atoms. The van der Waals surface area contributed by atoms with Gasteiger partial charge in [-0.15, -0.1) is 0 Å². The monoisotopic (exact) mass is 524 g/mol. The van der Waals surface area contributed by atoms with Crippen molar-refractivity contribution in [1.82, 2.24) is 19.7 Å². The number of urea groups is 1. The highest BCUT2D eigenvalue weighted by molar-refractivity contribution is 6.00. The van der Waals surface area contributed by atoms with Gasteiger partial charge in [-0.05, 0) is 42.3 Å². The van der Waals surface area contributed by atoms with E-state index < -0.39 is 17.8 Å². The van der Waals surface area contributed by atoms with Gasteiger partial charge in [0.1, 0.15) is 0 Å². The Labute approximate surface area is 217 Å². The molecule has 4 aromatic rings. The van der Waals surface area contributed by atoms with Crippen molar-refractivity contribution in [3.8, 4) is 11.1 Å². The third-order valence-corrected chi connectivity index (χ3v) is 6.42. The second kappa shape index (κ2) is 11.2. The minimum atomic E-state index is -4.48. The van der Waals surface area contributed by atoms with E-state index in [2.05, 4.69) is 25.6 Å². The van der Waals surface area contributed by atoms with Crippen molar-refractivity contribution in [3.05, 3.63) is 72.7 Å². The number of hydrogen-bond acceptors (Lipinski definition) is 5.